The van der Waals surface area contributed by atoms with Crippen molar-refractivity contribution in [2.24, 2.45) is 0 Å². The summed E-state index contributed by atoms with van der Waals surface area (Å²) in [6.45, 7) is 6.49. The highest BCUT2D eigenvalue weighted by molar-refractivity contribution is 6.30. The Bertz CT molecular complexity index is 591. The van der Waals surface area contributed by atoms with Crippen LogP contribution in [0.4, 0.5) is 0 Å². The van der Waals surface area contributed by atoms with E-state index in [4.69, 9.17) is 16.7 Å². The number of hydrogen-bond donors (Lipinski definition) is 1. The van der Waals surface area contributed by atoms with Gasteiger partial charge in [0.25, 0.3) is 0 Å². The van der Waals surface area contributed by atoms with E-state index in [9.17, 15) is 0 Å². The monoisotopic (exact) mass is 305 g/mol. The SMILES string of the molecule is CCC(C)n1ccc(CC(NC)c2cc(Cl)ccc2C)n1. The van der Waals surface area contributed by atoms with Gasteiger partial charge in [-0.2, -0.15) is 5.10 Å². The zero-order valence-corrected chi connectivity index (χ0v) is 14.0. The number of halogens is 1. The second-order valence-electron chi connectivity index (χ2n) is 5.59. The summed E-state index contributed by atoms with van der Waals surface area (Å²) in [5.41, 5.74) is 3.59. The highest BCUT2D eigenvalue weighted by Gasteiger charge is 2.15. The lowest BCUT2D eigenvalue weighted by Gasteiger charge is -2.18. The summed E-state index contributed by atoms with van der Waals surface area (Å²) in [4.78, 5) is 0. The molecule has 114 valence electrons. The molecule has 1 heterocycles. The van der Waals surface area contributed by atoms with Crippen molar-refractivity contribution >= 4 is 11.6 Å². The van der Waals surface area contributed by atoms with Crippen molar-refractivity contribution in [3.8, 4) is 0 Å². The van der Waals surface area contributed by atoms with Gasteiger partial charge in [0.15, 0.2) is 0 Å². The van der Waals surface area contributed by atoms with Crippen LogP contribution in [0.25, 0.3) is 0 Å². The first kappa shape index (κ1) is 16.1. The third kappa shape index (κ3) is 3.86. The Morgan fingerprint density at radius 3 is 2.76 bits per heavy atom. The second-order valence-corrected chi connectivity index (χ2v) is 6.03. The fourth-order valence-corrected chi connectivity index (χ4v) is 2.66. The topological polar surface area (TPSA) is 29.9 Å². The maximum atomic E-state index is 6.14. The predicted octanol–water partition coefficient (Wildman–Crippen LogP) is 4.32. The number of nitrogens with zero attached hydrogens (tertiary/aromatic N) is 2. The Morgan fingerprint density at radius 2 is 2.10 bits per heavy atom. The van der Waals surface area contributed by atoms with E-state index in [0.717, 1.165) is 23.6 Å². The molecule has 0 aliphatic heterocycles. The van der Waals surface area contributed by atoms with E-state index in [2.05, 4.69) is 44.4 Å². The molecule has 0 spiro atoms. The van der Waals surface area contributed by atoms with Crippen molar-refractivity contribution in [3.63, 3.8) is 0 Å². The Labute approximate surface area is 132 Å². The van der Waals surface area contributed by atoms with Gasteiger partial charge in [-0.25, -0.2) is 0 Å². The summed E-state index contributed by atoms with van der Waals surface area (Å²) < 4.78 is 2.05. The van der Waals surface area contributed by atoms with Crippen molar-refractivity contribution < 1.29 is 0 Å². The van der Waals surface area contributed by atoms with Gasteiger partial charge in [0.05, 0.1) is 5.69 Å². The zero-order valence-electron chi connectivity index (χ0n) is 13.2. The van der Waals surface area contributed by atoms with Crippen LogP contribution in [-0.4, -0.2) is 16.8 Å². The molecule has 2 rings (SSSR count). The van der Waals surface area contributed by atoms with Crippen molar-refractivity contribution in [2.75, 3.05) is 7.05 Å². The van der Waals surface area contributed by atoms with E-state index in [-0.39, 0.29) is 6.04 Å². The molecule has 0 saturated heterocycles. The van der Waals surface area contributed by atoms with E-state index >= 15 is 0 Å². The van der Waals surface area contributed by atoms with Crippen LogP contribution < -0.4 is 5.32 Å². The van der Waals surface area contributed by atoms with Gasteiger partial charge in [-0.05, 0) is 56.6 Å². The average molecular weight is 306 g/mol. The summed E-state index contributed by atoms with van der Waals surface area (Å²) in [6.07, 6.45) is 4.02. The molecule has 1 N–H and O–H groups in total. The lowest BCUT2D eigenvalue weighted by Crippen LogP contribution is -2.20. The zero-order chi connectivity index (χ0) is 15.4. The van der Waals surface area contributed by atoms with E-state index in [0.29, 0.717) is 6.04 Å². The minimum atomic E-state index is 0.226. The van der Waals surface area contributed by atoms with Crippen LogP contribution >= 0.6 is 11.6 Å². The molecule has 0 saturated carbocycles. The molecule has 3 nitrogen and oxygen atoms in total. The number of aromatic nitrogens is 2. The predicted molar refractivity (Wildman–Crippen MR) is 88.9 cm³/mol. The second kappa shape index (κ2) is 7.10. The Kier molecular flexibility index (Phi) is 5.43. The van der Waals surface area contributed by atoms with Crippen molar-refractivity contribution in [1.29, 1.82) is 0 Å². The molecule has 0 amide bonds. The largest absolute Gasteiger partial charge is 0.313 e. The first-order valence-electron chi connectivity index (χ1n) is 7.52. The normalized spacial score (nSPS) is 14.1. The lowest BCUT2D eigenvalue weighted by molar-refractivity contribution is 0.469. The molecule has 0 radical (unpaired) electrons. The van der Waals surface area contributed by atoms with E-state index in [1.165, 1.54) is 11.1 Å². The summed E-state index contributed by atoms with van der Waals surface area (Å²) >= 11 is 6.14. The van der Waals surface area contributed by atoms with Crippen molar-refractivity contribution in [2.45, 2.75) is 45.7 Å². The lowest BCUT2D eigenvalue weighted by atomic mass is 9.98. The fourth-order valence-electron chi connectivity index (χ4n) is 2.48. The van der Waals surface area contributed by atoms with Crippen molar-refractivity contribution in [3.05, 3.63) is 52.3 Å². The van der Waals surface area contributed by atoms with Crippen LogP contribution in [0.2, 0.25) is 5.02 Å². The Hall–Kier alpha value is -1.32. The maximum absolute atomic E-state index is 6.14. The van der Waals surface area contributed by atoms with Crippen LogP contribution in [0.15, 0.2) is 30.5 Å². The molecule has 4 heteroatoms. The quantitative estimate of drug-likeness (QED) is 0.861. The van der Waals surface area contributed by atoms with Gasteiger partial charge in [0.2, 0.25) is 0 Å². The van der Waals surface area contributed by atoms with Gasteiger partial charge in [0.1, 0.15) is 0 Å². The molecule has 1 aromatic carbocycles. The van der Waals surface area contributed by atoms with Crippen LogP contribution in [-0.2, 0) is 6.42 Å². The molecular formula is C17H24ClN3. The smallest absolute Gasteiger partial charge is 0.0643 e. The van der Waals surface area contributed by atoms with Gasteiger partial charge in [0, 0.05) is 29.7 Å². The minimum absolute atomic E-state index is 0.226. The fraction of sp³-hybridized carbons (Fsp3) is 0.471. The number of hydrogen-bond acceptors (Lipinski definition) is 2. The third-order valence-corrected chi connectivity index (χ3v) is 4.32. The number of aryl methyl sites for hydroxylation is 1. The standard InChI is InChI=1S/C17H24ClN3/c1-5-13(3)21-9-8-15(20-21)11-17(19-4)16-10-14(18)7-6-12(16)2/h6-10,13,17,19H,5,11H2,1-4H3. The molecule has 0 aliphatic carbocycles. The number of nitrogens with one attached hydrogen (secondary N) is 1. The van der Waals surface area contributed by atoms with Crippen LogP contribution in [0.3, 0.4) is 0 Å². The summed E-state index contributed by atoms with van der Waals surface area (Å²) in [7, 11) is 1.98. The van der Waals surface area contributed by atoms with Crippen LogP contribution in [0.1, 0.15) is 49.2 Å². The van der Waals surface area contributed by atoms with Gasteiger partial charge >= 0.3 is 0 Å². The highest BCUT2D eigenvalue weighted by atomic mass is 35.5. The van der Waals surface area contributed by atoms with Gasteiger partial charge in [-0.3, -0.25) is 4.68 Å². The Morgan fingerprint density at radius 1 is 1.33 bits per heavy atom. The molecule has 0 bridgehead atoms. The van der Waals surface area contributed by atoms with E-state index in [1.54, 1.807) is 0 Å². The minimum Gasteiger partial charge on any atom is -0.313 e. The van der Waals surface area contributed by atoms with Crippen LogP contribution in [0.5, 0.6) is 0 Å². The third-order valence-electron chi connectivity index (χ3n) is 4.08. The molecule has 0 aliphatic rings. The van der Waals surface area contributed by atoms with Crippen LogP contribution in [0, 0.1) is 6.92 Å². The van der Waals surface area contributed by atoms with Gasteiger partial charge in [-0.1, -0.05) is 24.6 Å². The van der Waals surface area contributed by atoms with Gasteiger partial charge in [-0.15, -0.1) is 0 Å². The average Bonchev–Trinajstić information content (AvgIpc) is 2.95. The number of rotatable bonds is 6. The molecule has 2 aromatic rings. The number of likely N-dealkylation sites (N-methyl/N-ethyl adjacent to an activating group) is 1. The first-order valence-corrected chi connectivity index (χ1v) is 7.90. The van der Waals surface area contributed by atoms with E-state index in [1.807, 2.05) is 23.9 Å². The summed E-state index contributed by atoms with van der Waals surface area (Å²) in [5, 5.41) is 8.85. The molecular weight excluding hydrogens is 282 g/mol. The molecule has 2 atom stereocenters. The Balaban J connectivity index is 2.19. The summed E-state index contributed by atoms with van der Waals surface area (Å²) in [6, 6.07) is 8.83. The molecule has 21 heavy (non-hydrogen) atoms. The highest BCUT2D eigenvalue weighted by Crippen LogP contribution is 2.24. The first-order chi connectivity index (χ1) is 10.0. The number of benzene rings is 1. The summed E-state index contributed by atoms with van der Waals surface area (Å²) in [5.74, 6) is 0. The molecule has 1 aromatic heterocycles. The van der Waals surface area contributed by atoms with Gasteiger partial charge < -0.3 is 5.32 Å². The van der Waals surface area contributed by atoms with E-state index < -0.39 is 0 Å². The van der Waals surface area contributed by atoms with Crippen molar-refractivity contribution in [1.82, 2.24) is 15.1 Å². The molecule has 0 fully saturated rings. The molecule has 2 unspecified atom stereocenters. The maximum Gasteiger partial charge on any atom is 0.0643 e.